The van der Waals surface area contributed by atoms with Gasteiger partial charge in [0, 0.05) is 12.6 Å². The molecule has 112 valence electrons. The van der Waals surface area contributed by atoms with Gasteiger partial charge in [-0.15, -0.1) is 0 Å². The van der Waals surface area contributed by atoms with Gasteiger partial charge in [0.15, 0.2) is 0 Å². The molecule has 0 amide bonds. The number of nitrogens with zero attached hydrogens (tertiary/aromatic N) is 2. The Bertz CT molecular complexity index is 649. The summed E-state index contributed by atoms with van der Waals surface area (Å²) in [4.78, 5) is 4.90. The molecule has 2 aromatic rings. The molecular weight excluding hydrogens is 282 g/mol. The van der Waals surface area contributed by atoms with Crippen molar-refractivity contribution < 1.29 is 0 Å². The van der Waals surface area contributed by atoms with E-state index in [1.807, 2.05) is 12.1 Å². The van der Waals surface area contributed by atoms with E-state index >= 15 is 0 Å². The van der Waals surface area contributed by atoms with Crippen molar-refractivity contribution in [1.29, 1.82) is 0 Å². The van der Waals surface area contributed by atoms with Gasteiger partial charge in [0.2, 0.25) is 0 Å². The van der Waals surface area contributed by atoms with Crippen LogP contribution in [0.4, 0.5) is 0 Å². The third-order valence-corrected chi connectivity index (χ3v) is 5.54. The Morgan fingerprint density at radius 1 is 1.33 bits per heavy atom. The summed E-state index contributed by atoms with van der Waals surface area (Å²) >= 11 is 6.40. The molecule has 0 spiro atoms. The Balaban J connectivity index is 1.75. The van der Waals surface area contributed by atoms with Gasteiger partial charge >= 0.3 is 0 Å². The largest absolute Gasteiger partial charge is 0.326 e. The summed E-state index contributed by atoms with van der Waals surface area (Å²) in [6, 6.07) is 7.11. The van der Waals surface area contributed by atoms with E-state index in [2.05, 4.69) is 22.9 Å². The first-order valence-electron chi connectivity index (χ1n) is 8.18. The summed E-state index contributed by atoms with van der Waals surface area (Å²) < 4.78 is 2.30. The molecule has 2 fully saturated rings. The smallest absolute Gasteiger partial charge is 0.127 e. The van der Waals surface area contributed by atoms with E-state index < -0.39 is 0 Å². The van der Waals surface area contributed by atoms with Crippen molar-refractivity contribution in [3.8, 4) is 0 Å². The van der Waals surface area contributed by atoms with Gasteiger partial charge < -0.3 is 9.88 Å². The van der Waals surface area contributed by atoms with Crippen LogP contribution in [-0.2, 0) is 6.54 Å². The Morgan fingerprint density at radius 3 is 3.00 bits per heavy atom. The van der Waals surface area contributed by atoms with Crippen LogP contribution in [0.2, 0.25) is 5.02 Å². The van der Waals surface area contributed by atoms with Gasteiger partial charge in [-0.25, -0.2) is 4.98 Å². The lowest BCUT2D eigenvalue weighted by Crippen LogP contribution is -2.31. The number of halogens is 1. The number of benzene rings is 1. The lowest BCUT2D eigenvalue weighted by molar-refractivity contribution is 0.325. The Kier molecular flexibility index (Phi) is 3.43. The van der Waals surface area contributed by atoms with Gasteiger partial charge in [-0.3, -0.25) is 0 Å². The highest BCUT2D eigenvalue weighted by atomic mass is 35.5. The lowest BCUT2D eigenvalue weighted by atomic mass is 9.85. The molecular formula is C17H22ClN3. The van der Waals surface area contributed by atoms with Crippen LogP contribution in [0.5, 0.6) is 0 Å². The van der Waals surface area contributed by atoms with Gasteiger partial charge in [-0.2, -0.15) is 0 Å². The van der Waals surface area contributed by atoms with Gasteiger partial charge in [-0.05, 0) is 44.2 Å². The molecule has 1 N–H and O–H groups in total. The number of hydrogen-bond acceptors (Lipinski definition) is 2. The average molecular weight is 304 g/mol. The first-order chi connectivity index (χ1) is 10.3. The third-order valence-electron chi connectivity index (χ3n) is 5.24. The maximum absolute atomic E-state index is 6.40. The predicted octanol–water partition coefficient (Wildman–Crippen LogP) is 4.30. The molecule has 4 rings (SSSR count). The molecule has 3 unspecified atom stereocenters. The van der Waals surface area contributed by atoms with E-state index in [1.165, 1.54) is 37.9 Å². The molecule has 2 aliphatic rings. The van der Waals surface area contributed by atoms with Crippen LogP contribution in [0.1, 0.15) is 50.9 Å². The monoisotopic (exact) mass is 303 g/mol. The minimum Gasteiger partial charge on any atom is -0.326 e. The van der Waals surface area contributed by atoms with Crippen LogP contribution >= 0.6 is 11.6 Å². The first kappa shape index (κ1) is 13.6. The minimum absolute atomic E-state index is 0.390. The summed E-state index contributed by atoms with van der Waals surface area (Å²) in [7, 11) is 0. The Labute approximate surface area is 130 Å². The average Bonchev–Trinajstić information content (AvgIpc) is 3.08. The van der Waals surface area contributed by atoms with Crippen LogP contribution < -0.4 is 5.32 Å². The molecule has 1 aromatic heterocycles. The second-order valence-corrected chi connectivity index (χ2v) is 6.84. The van der Waals surface area contributed by atoms with E-state index in [1.54, 1.807) is 0 Å². The quantitative estimate of drug-likeness (QED) is 0.896. The van der Waals surface area contributed by atoms with Crippen LogP contribution in [0, 0.1) is 5.92 Å². The summed E-state index contributed by atoms with van der Waals surface area (Å²) in [5, 5.41) is 4.65. The maximum atomic E-state index is 6.40. The molecule has 2 heterocycles. The standard InChI is InChI=1S/C17H22ClN3/c1-2-21-16-12(18)7-5-9-14(16)20-17(21)15-10-11-6-3-4-8-13(11)19-15/h5,7,9,11,13,15,19H,2-4,6,8,10H2,1H3. The fourth-order valence-electron chi connectivity index (χ4n) is 4.26. The molecule has 1 aromatic carbocycles. The minimum atomic E-state index is 0.390. The molecule has 1 saturated carbocycles. The highest BCUT2D eigenvalue weighted by Crippen LogP contribution is 2.40. The van der Waals surface area contributed by atoms with Crippen LogP contribution in [0.25, 0.3) is 11.0 Å². The van der Waals surface area contributed by atoms with E-state index in [4.69, 9.17) is 16.6 Å². The number of para-hydroxylation sites is 1. The SMILES string of the molecule is CCn1c(C2CC3CCCCC3N2)nc2cccc(Cl)c21. The van der Waals surface area contributed by atoms with Crippen molar-refractivity contribution in [2.45, 2.75) is 57.7 Å². The number of rotatable bonds is 2. The Hall–Kier alpha value is -1.06. The van der Waals surface area contributed by atoms with E-state index in [0.29, 0.717) is 12.1 Å². The van der Waals surface area contributed by atoms with E-state index in [0.717, 1.165) is 28.5 Å². The fourth-order valence-corrected chi connectivity index (χ4v) is 4.54. The third kappa shape index (κ3) is 2.18. The molecule has 4 heteroatoms. The van der Waals surface area contributed by atoms with Gasteiger partial charge in [0.1, 0.15) is 5.82 Å². The van der Waals surface area contributed by atoms with Crippen molar-refractivity contribution in [1.82, 2.24) is 14.9 Å². The fraction of sp³-hybridized carbons (Fsp3) is 0.588. The zero-order chi connectivity index (χ0) is 14.4. The molecule has 1 aliphatic carbocycles. The lowest BCUT2D eigenvalue weighted by Gasteiger charge is -2.24. The van der Waals surface area contributed by atoms with Gasteiger partial charge in [0.05, 0.1) is 22.1 Å². The summed E-state index contributed by atoms with van der Waals surface area (Å²) in [5.41, 5.74) is 2.12. The molecule has 21 heavy (non-hydrogen) atoms. The van der Waals surface area contributed by atoms with Crippen molar-refractivity contribution in [3.63, 3.8) is 0 Å². The van der Waals surface area contributed by atoms with Crippen molar-refractivity contribution in [3.05, 3.63) is 29.0 Å². The second-order valence-electron chi connectivity index (χ2n) is 6.43. The summed E-state index contributed by atoms with van der Waals surface area (Å²) in [5.74, 6) is 2.01. The number of aromatic nitrogens is 2. The van der Waals surface area contributed by atoms with Gasteiger partial charge in [0.25, 0.3) is 0 Å². The zero-order valence-corrected chi connectivity index (χ0v) is 13.2. The summed E-state index contributed by atoms with van der Waals surface area (Å²) in [6.45, 7) is 3.10. The van der Waals surface area contributed by atoms with E-state index in [9.17, 15) is 0 Å². The molecule has 0 radical (unpaired) electrons. The molecule has 1 aliphatic heterocycles. The number of hydrogen-bond donors (Lipinski definition) is 1. The van der Waals surface area contributed by atoms with Crippen LogP contribution in [-0.4, -0.2) is 15.6 Å². The molecule has 3 nitrogen and oxygen atoms in total. The van der Waals surface area contributed by atoms with Crippen molar-refractivity contribution in [2.24, 2.45) is 5.92 Å². The van der Waals surface area contributed by atoms with Gasteiger partial charge in [-0.1, -0.05) is 30.5 Å². The normalized spacial score (nSPS) is 29.0. The van der Waals surface area contributed by atoms with Crippen LogP contribution in [0.15, 0.2) is 18.2 Å². The zero-order valence-electron chi connectivity index (χ0n) is 12.5. The number of aryl methyl sites for hydroxylation is 1. The topological polar surface area (TPSA) is 29.9 Å². The Morgan fingerprint density at radius 2 is 2.19 bits per heavy atom. The number of fused-ring (bicyclic) bond motifs is 2. The highest BCUT2D eigenvalue weighted by molar-refractivity contribution is 6.35. The number of nitrogens with one attached hydrogen (secondary N) is 1. The van der Waals surface area contributed by atoms with Crippen molar-refractivity contribution >= 4 is 22.6 Å². The maximum Gasteiger partial charge on any atom is 0.127 e. The highest BCUT2D eigenvalue weighted by Gasteiger charge is 2.37. The summed E-state index contributed by atoms with van der Waals surface area (Å²) in [6.07, 6.45) is 6.70. The van der Waals surface area contributed by atoms with Crippen LogP contribution in [0.3, 0.4) is 0 Å². The first-order valence-corrected chi connectivity index (χ1v) is 8.56. The molecule has 3 atom stereocenters. The molecule has 0 bridgehead atoms. The van der Waals surface area contributed by atoms with E-state index in [-0.39, 0.29) is 0 Å². The second kappa shape index (κ2) is 5.29. The van der Waals surface area contributed by atoms with Crippen molar-refractivity contribution in [2.75, 3.05) is 0 Å². The predicted molar refractivity (Wildman–Crippen MR) is 86.7 cm³/mol. The number of imidazole rings is 1. The molecule has 1 saturated heterocycles.